The fraction of sp³-hybridized carbons (Fsp3) is 0.524. The van der Waals surface area contributed by atoms with E-state index in [1.165, 1.54) is 12.1 Å². The van der Waals surface area contributed by atoms with Gasteiger partial charge in [-0.3, -0.25) is 9.89 Å². The van der Waals surface area contributed by atoms with Crippen molar-refractivity contribution in [1.82, 2.24) is 15.1 Å². The number of hydrogen-bond acceptors (Lipinski definition) is 3. The van der Waals surface area contributed by atoms with E-state index in [2.05, 4.69) is 31.0 Å². The smallest absolute Gasteiger partial charge is 0.274 e. The van der Waals surface area contributed by atoms with Crippen molar-refractivity contribution in [2.75, 3.05) is 13.1 Å². The number of hydrogen-bond donors (Lipinski definition) is 1. The first-order valence-electron chi connectivity index (χ1n) is 9.58. The summed E-state index contributed by atoms with van der Waals surface area (Å²) in [5, 5.41) is 7.22. The van der Waals surface area contributed by atoms with E-state index >= 15 is 0 Å². The van der Waals surface area contributed by atoms with Crippen LogP contribution in [0.25, 0.3) is 0 Å². The van der Waals surface area contributed by atoms with Gasteiger partial charge in [-0.05, 0) is 37.0 Å². The first kappa shape index (κ1) is 18.0. The minimum absolute atomic E-state index is 0.0268. The zero-order valence-electron chi connectivity index (χ0n) is 16.0. The lowest BCUT2D eigenvalue weighted by Gasteiger charge is -2.21. The van der Waals surface area contributed by atoms with Crippen LogP contribution in [0.2, 0.25) is 0 Å². The van der Waals surface area contributed by atoms with Gasteiger partial charge in [0.2, 0.25) is 0 Å². The molecule has 27 heavy (non-hydrogen) atoms. The van der Waals surface area contributed by atoms with Crippen LogP contribution in [0, 0.1) is 17.7 Å². The lowest BCUT2D eigenvalue weighted by Crippen LogP contribution is -2.32. The fourth-order valence-corrected chi connectivity index (χ4v) is 4.22. The Morgan fingerprint density at radius 2 is 2.07 bits per heavy atom. The van der Waals surface area contributed by atoms with E-state index in [0.29, 0.717) is 29.8 Å². The highest BCUT2D eigenvalue weighted by Gasteiger charge is 2.45. The van der Waals surface area contributed by atoms with Crippen molar-refractivity contribution < 1.29 is 13.9 Å². The van der Waals surface area contributed by atoms with Gasteiger partial charge in [-0.15, -0.1) is 0 Å². The number of carbonyl (C=O) groups excluding carboxylic acids is 1. The second kappa shape index (κ2) is 6.66. The predicted octanol–water partition coefficient (Wildman–Crippen LogP) is 3.78. The van der Waals surface area contributed by atoms with Crippen LogP contribution in [0.1, 0.15) is 49.8 Å². The van der Waals surface area contributed by atoms with Crippen molar-refractivity contribution in [2.24, 2.45) is 11.8 Å². The lowest BCUT2D eigenvalue weighted by molar-refractivity contribution is 0.0756. The number of amides is 1. The van der Waals surface area contributed by atoms with Crippen molar-refractivity contribution >= 4 is 5.91 Å². The highest BCUT2D eigenvalue weighted by Crippen LogP contribution is 2.40. The third kappa shape index (κ3) is 3.57. The number of aromatic amines is 1. The van der Waals surface area contributed by atoms with Gasteiger partial charge in [0.05, 0.1) is 0 Å². The summed E-state index contributed by atoms with van der Waals surface area (Å²) in [6.07, 6.45) is 2.01. The summed E-state index contributed by atoms with van der Waals surface area (Å²) in [4.78, 5) is 14.8. The van der Waals surface area contributed by atoms with E-state index in [0.717, 1.165) is 25.1 Å². The summed E-state index contributed by atoms with van der Waals surface area (Å²) in [7, 11) is 0. The number of ether oxygens (including phenoxy) is 1. The monoisotopic (exact) mass is 371 g/mol. The van der Waals surface area contributed by atoms with Gasteiger partial charge in [0, 0.05) is 36.2 Å². The van der Waals surface area contributed by atoms with E-state index in [4.69, 9.17) is 4.74 Å². The van der Waals surface area contributed by atoms with Crippen LogP contribution in [0.15, 0.2) is 30.3 Å². The van der Waals surface area contributed by atoms with Gasteiger partial charge in [0.1, 0.15) is 23.4 Å². The highest BCUT2D eigenvalue weighted by atomic mass is 19.1. The van der Waals surface area contributed by atoms with Crippen molar-refractivity contribution in [3.63, 3.8) is 0 Å². The molecule has 1 aliphatic carbocycles. The Morgan fingerprint density at radius 3 is 2.78 bits per heavy atom. The number of benzene rings is 1. The average molecular weight is 371 g/mol. The van der Waals surface area contributed by atoms with Gasteiger partial charge in [0.15, 0.2) is 0 Å². The van der Waals surface area contributed by atoms with Crippen LogP contribution in [-0.4, -0.2) is 40.2 Å². The minimum atomic E-state index is -0.293. The molecule has 4 rings (SSSR count). The molecular weight excluding hydrogens is 345 g/mol. The Balaban J connectivity index is 1.43. The number of nitrogens with zero attached hydrogens (tertiary/aromatic N) is 2. The van der Waals surface area contributed by atoms with Gasteiger partial charge >= 0.3 is 0 Å². The third-order valence-corrected chi connectivity index (χ3v) is 5.77. The van der Waals surface area contributed by atoms with E-state index in [1.807, 2.05) is 11.0 Å². The number of carbonyl (C=O) groups is 1. The quantitative estimate of drug-likeness (QED) is 0.893. The Morgan fingerprint density at radius 1 is 1.26 bits per heavy atom. The van der Waals surface area contributed by atoms with Crippen molar-refractivity contribution in [3.8, 4) is 5.75 Å². The lowest BCUT2D eigenvalue weighted by atomic mass is 9.92. The van der Waals surface area contributed by atoms with Crippen LogP contribution in [0.5, 0.6) is 5.75 Å². The Kier molecular flexibility index (Phi) is 4.44. The van der Waals surface area contributed by atoms with Crippen LogP contribution in [0.4, 0.5) is 4.39 Å². The number of likely N-dealkylation sites (tertiary alicyclic amines) is 1. The van der Waals surface area contributed by atoms with Crippen LogP contribution < -0.4 is 4.74 Å². The number of rotatable bonds is 3. The first-order valence-corrected chi connectivity index (χ1v) is 9.58. The maximum absolute atomic E-state index is 13.4. The highest BCUT2D eigenvalue weighted by molar-refractivity contribution is 5.92. The van der Waals surface area contributed by atoms with Gasteiger partial charge in [-0.1, -0.05) is 26.8 Å². The Labute approximate surface area is 158 Å². The molecule has 0 bridgehead atoms. The molecule has 0 unspecified atom stereocenters. The molecule has 1 amide bonds. The molecule has 2 aliphatic rings. The number of halogens is 1. The molecule has 2 heterocycles. The van der Waals surface area contributed by atoms with E-state index in [1.54, 1.807) is 12.1 Å². The molecule has 1 aromatic carbocycles. The molecule has 3 atom stereocenters. The maximum atomic E-state index is 13.4. The van der Waals surface area contributed by atoms with E-state index < -0.39 is 0 Å². The summed E-state index contributed by atoms with van der Waals surface area (Å²) in [5.74, 6) is 0.971. The molecule has 2 aromatic rings. The molecule has 1 aliphatic heterocycles. The Bertz CT molecular complexity index is 842. The van der Waals surface area contributed by atoms with E-state index in [9.17, 15) is 9.18 Å². The molecule has 5 nitrogen and oxygen atoms in total. The number of H-pyrrole nitrogens is 1. The first-order chi connectivity index (χ1) is 12.8. The molecular formula is C21H26FN3O2. The third-order valence-electron chi connectivity index (χ3n) is 5.77. The minimum Gasteiger partial charge on any atom is -0.490 e. The summed E-state index contributed by atoms with van der Waals surface area (Å²) in [6.45, 7) is 7.67. The molecule has 1 aromatic heterocycles. The molecule has 2 fully saturated rings. The normalized spacial score (nSPS) is 24.9. The summed E-state index contributed by atoms with van der Waals surface area (Å²) < 4.78 is 19.5. The standard InChI is InChI=1S/C21H26FN3O2/c1-21(2,3)19-10-17(23-24-19)20(26)25-11-13-7-8-18(16(13)12-25)27-15-6-4-5-14(22)9-15/h4-6,9-10,13,16,18H,7-8,11-12H2,1-3H3,(H,23,24)/t13-,16+,18-/m0/s1. The van der Waals surface area contributed by atoms with Crippen LogP contribution in [-0.2, 0) is 5.41 Å². The molecule has 6 heteroatoms. The largest absolute Gasteiger partial charge is 0.490 e. The zero-order chi connectivity index (χ0) is 19.2. The molecule has 1 saturated carbocycles. The molecule has 1 N–H and O–H groups in total. The van der Waals surface area contributed by atoms with Gasteiger partial charge in [-0.25, -0.2) is 4.39 Å². The predicted molar refractivity (Wildman–Crippen MR) is 100 cm³/mol. The molecule has 144 valence electrons. The molecule has 1 saturated heterocycles. The van der Waals surface area contributed by atoms with Gasteiger partial charge < -0.3 is 9.64 Å². The summed E-state index contributed by atoms with van der Waals surface area (Å²) in [6, 6.07) is 8.13. The van der Waals surface area contributed by atoms with Crippen LogP contribution in [0.3, 0.4) is 0 Å². The second-order valence-electron chi connectivity index (χ2n) is 8.74. The zero-order valence-corrected chi connectivity index (χ0v) is 16.0. The van der Waals surface area contributed by atoms with Gasteiger partial charge in [0.25, 0.3) is 5.91 Å². The van der Waals surface area contributed by atoms with Crippen molar-refractivity contribution in [2.45, 2.75) is 45.1 Å². The maximum Gasteiger partial charge on any atom is 0.274 e. The fourth-order valence-electron chi connectivity index (χ4n) is 4.22. The average Bonchev–Trinajstić information content (AvgIpc) is 3.30. The summed E-state index contributed by atoms with van der Waals surface area (Å²) in [5.41, 5.74) is 1.36. The van der Waals surface area contributed by atoms with Crippen LogP contribution >= 0.6 is 0 Å². The number of fused-ring (bicyclic) bond motifs is 1. The summed E-state index contributed by atoms with van der Waals surface area (Å²) >= 11 is 0. The molecule has 0 spiro atoms. The second-order valence-corrected chi connectivity index (χ2v) is 8.74. The Hall–Kier alpha value is -2.37. The van der Waals surface area contributed by atoms with Crippen molar-refractivity contribution in [1.29, 1.82) is 0 Å². The number of aromatic nitrogens is 2. The molecule has 0 radical (unpaired) electrons. The SMILES string of the molecule is CC(C)(C)c1cc(C(=O)N2C[C@@H]3CC[C@H](Oc4cccc(F)c4)[C@@H]3C2)n[nH]1. The van der Waals surface area contributed by atoms with Gasteiger partial charge in [-0.2, -0.15) is 5.10 Å². The van der Waals surface area contributed by atoms with E-state index in [-0.39, 0.29) is 23.2 Å². The number of nitrogens with one attached hydrogen (secondary N) is 1. The topological polar surface area (TPSA) is 58.2 Å². The van der Waals surface area contributed by atoms with Crippen molar-refractivity contribution in [3.05, 3.63) is 47.5 Å².